The van der Waals surface area contributed by atoms with Crippen molar-refractivity contribution in [3.8, 4) is 11.8 Å². The largest absolute Gasteiger partial charge is 0.424 e. The van der Waals surface area contributed by atoms with Gasteiger partial charge in [0.2, 0.25) is 5.91 Å². The molecule has 0 aliphatic heterocycles. The third kappa shape index (κ3) is 4.32. The van der Waals surface area contributed by atoms with E-state index in [2.05, 4.69) is 15.3 Å². The van der Waals surface area contributed by atoms with Gasteiger partial charge in [0.25, 0.3) is 0 Å². The van der Waals surface area contributed by atoms with Gasteiger partial charge in [-0.15, -0.1) is 0 Å². The van der Waals surface area contributed by atoms with E-state index < -0.39 is 0 Å². The van der Waals surface area contributed by atoms with Crippen LogP contribution in [0.3, 0.4) is 0 Å². The zero-order chi connectivity index (χ0) is 21.8. The SMILES string of the molecule is CCn1c(=O)n(CCC(=O)Nc2ccc(Oc3ncccn3)cc2C)c2ccccc21. The number of ether oxygens (including phenoxy) is 1. The van der Waals surface area contributed by atoms with E-state index in [1.54, 1.807) is 39.7 Å². The Balaban J connectivity index is 1.43. The average Bonchev–Trinajstić information content (AvgIpc) is 3.05. The molecule has 31 heavy (non-hydrogen) atoms. The molecule has 8 heteroatoms. The fraction of sp³-hybridized carbons (Fsp3) is 0.217. The molecule has 1 N–H and O–H groups in total. The lowest BCUT2D eigenvalue weighted by Crippen LogP contribution is -2.25. The van der Waals surface area contributed by atoms with Gasteiger partial charge in [0.1, 0.15) is 5.75 Å². The minimum absolute atomic E-state index is 0.0997. The van der Waals surface area contributed by atoms with Crippen LogP contribution in [-0.2, 0) is 17.9 Å². The maximum Gasteiger partial charge on any atom is 0.329 e. The van der Waals surface area contributed by atoms with Crippen molar-refractivity contribution in [3.05, 3.63) is 77.0 Å². The summed E-state index contributed by atoms with van der Waals surface area (Å²) in [7, 11) is 0. The van der Waals surface area contributed by atoms with Gasteiger partial charge in [-0.2, -0.15) is 0 Å². The minimum atomic E-state index is -0.164. The number of nitrogens with one attached hydrogen (secondary N) is 1. The van der Waals surface area contributed by atoms with Crippen LogP contribution in [0.4, 0.5) is 5.69 Å². The highest BCUT2D eigenvalue weighted by Crippen LogP contribution is 2.24. The molecule has 0 bridgehead atoms. The van der Waals surface area contributed by atoms with Gasteiger partial charge in [0, 0.05) is 37.6 Å². The smallest absolute Gasteiger partial charge is 0.329 e. The van der Waals surface area contributed by atoms with Crippen LogP contribution in [0.2, 0.25) is 0 Å². The second-order valence-corrected chi connectivity index (χ2v) is 7.08. The molecule has 0 spiro atoms. The van der Waals surface area contributed by atoms with Crippen molar-refractivity contribution in [3.63, 3.8) is 0 Å². The number of amides is 1. The van der Waals surface area contributed by atoms with Gasteiger partial charge >= 0.3 is 11.7 Å². The third-order valence-electron chi connectivity index (χ3n) is 5.03. The Hall–Kier alpha value is -3.94. The van der Waals surface area contributed by atoms with E-state index in [4.69, 9.17) is 4.74 Å². The van der Waals surface area contributed by atoms with E-state index in [0.29, 0.717) is 24.5 Å². The highest BCUT2D eigenvalue weighted by atomic mass is 16.5. The van der Waals surface area contributed by atoms with Gasteiger partial charge in [-0.25, -0.2) is 14.8 Å². The number of hydrogen-bond acceptors (Lipinski definition) is 5. The number of imidazole rings is 1. The number of para-hydroxylation sites is 2. The molecule has 0 radical (unpaired) electrons. The molecule has 0 fully saturated rings. The number of carbonyl (C=O) groups is 1. The van der Waals surface area contributed by atoms with E-state index in [9.17, 15) is 9.59 Å². The first-order valence-electron chi connectivity index (χ1n) is 10.1. The standard InChI is InChI=1S/C23H23N5O3/c1-3-27-19-7-4-5-8-20(19)28(23(27)30)14-11-21(29)26-18-10-9-17(15-16(18)2)31-22-24-12-6-13-25-22/h4-10,12-13,15H,3,11,14H2,1-2H3,(H,26,29). The van der Waals surface area contributed by atoms with Gasteiger partial charge < -0.3 is 10.1 Å². The molecule has 2 heterocycles. The number of aryl methyl sites for hydroxylation is 3. The van der Waals surface area contributed by atoms with Crippen LogP contribution in [0, 0.1) is 6.92 Å². The molecule has 0 saturated heterocycles. The lowest BCUT2D eigenvalue weighted by atomic mass is 10.2. The summed E-state index contributed by atoms with van der Waals surface area (Å²) < 4.78 is 8.99. The Kier molecular flexibility index (Phi) is 5.79. The number of carbonyl (C=O) groups excluding carboxylic acids is 1. The van der Waals surface area contributed by atoms with Crippen LogP contribution < -0.4 is 15.7 Å². The van der Waals surface area contributed by atoms with Crippen LogP contribution in [0.25, 0.3) is 11.0 Å². The minimum Gasteiger partial charge on any atom is -0.424 e. The lowest BCUT2D eigenvalue weighted by Gasteiger charge is -2.11. The van der Waals surface area contributed by atoms with Gasteiger partial charge in [0.05, 0.1) is 11.0 Å². The first-order chi connectivity index (χ1) is 15.1. The summed E-state index contributed by atoms with van der Waals surface area (Å²) in [5, 5.41) is 2.91. The van der Waals surface area contributed by atoms with Crippen molar-refractivity contribution in [2.45, 2.75) is 33.4 Å². The summed E-state index contributed by atoms with van der Waals surface area (Å²) in [4.78, 5) is 33.3. The summed E-state index contributed by atoms with van der Waals surface area (Å²) >= 11 is 0. The van der Waals surface area contributed by atoms with Crippen LogP contribution in [0.5, 0.6) is 11.8 Å². The predicted octanol–water partition coefficient (Wildman–Crippen LogP) is 3.74. The molecule has 4 rings (SSSR count). The number of anilines is 1. The third-order valence-corrected chi connectivity index (χ3v) is 5.03. The van der Waals surface area contributed by atoms with Crippen LogP contribution in [-0.4, -0.2) is 25.0 Å². The maximum atomic E-state index is 12.7. The molecule has 4 aromatic rings. The zero-order valence-electron chi connectivity index (χ0n) is 17.4. The summed E-state index contributed by atoms with van der Waals surface area (Å²) in [5.41, 5.74) is 3.15. The van der Waals surface area contributed by atoms with Gasteiger partial charge in [-0.3, -0.25) is 13.9 Å². The monoisotopic (exact) mass is 417 g/mol. The Morgan fingerprint density at radius 1 is 1.03 bits per heavy atom. The summed E-state index contributed by atoms with van der Waals surface area (Å²) in [5.74, 6) is 0.420. The van der Waals surface area contributed by atoms with Crippen molar-refractivity contribution in [1.82, 2.24) is 19.1 Å². The van der Waals surface area contributed by atoms with Crippen molar-refractivity contribution in [2.75, 3.05) is 5.32 Å². The molecule has 0 unspecified atom stereocenters. The topological polar surface area (TPSA) is 91.0 Å². The fourth-order valence-corrected chi connectivity index (χ4v) is 3.50. The molecule has 2 aromatic heterocycles. The number of fused-ring (bicyclic) bond motifs is 1. The second-order valence-electron chi connectivity index (χ2n) is 7.08. The quantitative estimate of drug-likeness (QED) is 0.495. The molecular weight excluding hydrogens is 394 g/mol. The van der Waals surface area contributed by atoms with Crippen LogP contribution >= 0.6 is 0 Å². The van der Waals surface area contributed by atoms with Gasteiger partial charge in [0.15, 0.2) is 0 Å². The van der Waals surface area contributed by atoms with Gasteiger partial charge in [-0.1, -0.05) is 12.1 Å². The molecular formula is C23H23N5O3. The number of benzene rings is 2. The zero-order valence-corrected chi connectivity index (χ0v) is 17.4. The Morgan fingerprint density at radius 3 is 2.42 bits per heavy atom. The number of nitrogens with zero attached hydrogens (tertiary/aromatic N) is 4. The van der Waals surface area contributed by atoms with Crippen LogP contribution in [0.15, 0.2) is 65.7 Å². The van der Waals surface area contributed by atoms with Gasteiger partial charge in [-0.05, 0) is 55.8 Å². The van der Waals surface area contributed by atoms with Crippen molar-refractivity contribution in [2.24, 2.45) is 0 Å². The average molecular weight is 417 g/mol. The highest BCUT2D eigenvalue weighted by Gasteiger charge is 2.13. The normalized spacial score (nSPS) is 10.9. The maximum absolute atomic E-state index is 12.7. The van der Waals surface area contributed by atoms with Crippen LogP contribution in [0.1, 0.15) is 18.9 Å². The number of aromatic nitrogens is 4. The molecule has 1 amide bonds. The lowest BCUT2D eigenvalue weighted by molar-refractivity contribution is -0.116. The van der Waals surface area contributed by atoms with Crippen molar-refractivity contribution < 1.29 is 9.53 Å². The molecule has 0 aliphatic carbocycles. The molecule has 158 valence electrons. The van der Waals surface area contributed by atoms with Crippen molar-refractivity contribution >= 4 is 22.6 Å². The summed E-state index contributed by atoms with van der Waals surface area (Å²) in [6.07, 6.45) is 3.40. The molecule has 0 aliphatic rings. The predicted molar refractivity (Wildman–Crippen MR) is 118 cm³/mol. The molecule has 0 atom stereocenters. The van der Waals surface area contributed by atoms with Crippen molar-refractivity contribution in [1.29, 1.82) is 0 Å². The fourth-order valence-electron chi connectivity index (χ4n) is 3.50. The van der Waals surface area contributed by atoms with E-state index in [0.717, 1.165) is 16.6 Å². The Bertz CT molecular complexity index is 1280. The Labute approximate surface area is 179 Å². The number of rotatable bonds is 7. The van der Waals surface area contributed by atoms with E-state index in [1.165, 1.54) is 0 Å². The first-order valence-corrected chi connectivity index (χ1v) is 10.1. The summed E-state index contributed by atoms with van der Waals surface area (Å²) in [6, 6.07) is 14.9. The van der Waals surface area contributed by atoms with E-state index >= 15 is 0 Å². The molecule has 2 aromatic carbocycles. The summed E-state index contributed by atoms with van der Waals surface area (Å²) in [6.45, 7) is 4.71. The number of hydrogen-bond donors (Lipinski definition) is 1. The van der Waals surface area contributed by atoms with E-state index in [1.807, 2.05) is 44.2 Å². The Morgan fingerprint density at radius 2 is 1.74 bits per heavy atom. The van der Waals surface area contributed by atoms with E-state index in [-0.39, 0.29) is 24.0 Å². The molecule has 8 nitrogen and oxygen atoms in total. The highest BCUT2D eigenvalue weighted by molar-refractivity contribution is 5.91. The second kappa shape index (κ2) is 8.83. The first kappa shape index (κ1) is 20.3. The molecule has 0 saturated carbocycles.